The van der Waals surface area contributed by atoms with Crippen LogP contribution >= 0.6 is 0 Å². The van der Waals surface area contributed by atoms with E-state index in [9.17, 15) is 8.78 Å². The average Bonchev–Trinajstić information content (AvgIpc) is 2.66. The molecule has 26 heavy (non-hydrogen) atoms. The van der Waals surface area contributed by atoms with Gasteiger partial charge in [-0.1, -0.05) is 57.1 Å². The van der Waals surface area contributed by atoms with Gasteiger partial charge in [0.25, 0.3) is 0 Å². The molecule has 2 aromatic carbocycles. The van der Waals surface area contributed by atoms with Gasteiger partial charge in [-0.3, -0.25) is 0 Å². The van der Waals surface area contributed by atoms with Crippen molar-refractivity contribution in [2.24, 2.45) is 0 Å². The van der Waals surface area contributed by atoms with Crippen molar-refractivity contribution in [3.8, 4) is 17.6 Å². The van der Waals surface area contributed by atoms with Gasteiger partial charge in [-0.15, -0.1) is 0 Å². The number of benzene rings is 2. The van der Waals surface area contributed by atoms with E-state index in [4.69, 9.17) is 4.74 Å². The van der Waals surface area contributed by atoms with Gasteiger partial charge in [0.05, 0.1) is 12.2 Å². The zero-order chi connectivity index (χ0) is 18.8. The Balaban J connectivity index is 2.03. The molecule has 2 rings (SSSR count). The molecule has 0 aromatic heterocycles. The second kappa shape index (κ2) is 10.6. The Morgan fingerprint density at radius 3 is 2.27 bits per heavy atom. The van der Waals surface area contributed by atoms with Gasteiger partial charge in [-0.25, -0.2) is 4.39 Å². The molecule has 0 aliphatic carbocycles. The standard InChI is InChI=1S/C23H26F2O/c1-3-5-6-7-8-18-9-11-19(12-10-18)13-14-20-15-16-21(26-17-4-2)23(25)22(20)24/h9-12,15-16H,3-8,17H2,1-2H3. The molecule has 0 N–H and O–H groups in total. The molecular weight excluding hydrogens is 330 g/mol. The van der Waals surface area contributed by atoms with Crippen molar-refractivity contribution in [3.63, 3.8) is 0 Å². The van der Waals surface area contributed by atoms with Gasteiger partial charge in [0.2, 0.25) is 5.82 Å². The van der Waals surface area contributed by atoms with Gasteiger partial charge in [-0.05, 0) is 49.1 Å². The molecule has 0 aliphatic rings. The molecule has 0 atom stereocenters. The fourth-order valence-corrected chi connectivity index (χ4v) is 2.60. The summed E-state index contributed by atoms with van der Waals surface area (Å²) in [4.78, 5) is 0. The van der Waals surface area contributed by atoms with Gasteiger partial charge in [0.15, 0.2) is 11.6 Å². The first-order valence-electron chi connectivity index (χ1n) is 9.37. The van der Waals surface area contributed by atoms with Crippen LogP contribution in [0.2, 0.25) is 0 Å². The summed E-state index contributed by atoms with van der Waals surface area (Å²) in [5.41, 5.74) is 2.10. The van der Waals surface area contributed by atoms with Crippen LogP contribution in [0.4, 0.5) is 8.78 Å². The molecule has 0 fully saturated rings. The van der Waals surface area contributed by atoms with Gasteiger partial charge in [-0.2, -0.15) is 4.39 Å². The summed E-state index contributed by atoms with van der Waals surface area (Å²) in [6, 6.07) is 10.8. The van der Waals surface area contributed by atoms with Crippen molar-refractivity contribution in [2.75, 3.05) is 6.61 Å². The van der Waals surface area contributed by atoms with E-state index in [1.165, 1.54) is 43.4 Å². The van der Waals surface area contributed by atoms with E-state index in [2.05, 4.69) is 30.9 Å². The van der Waals surface area contributed by atoms with E-state index >= 15 is 0 Å². The lowest BCUT2D eigenvalue weighted by atomic mass is 10.0. The molecule has 0 bridgehead atoms. The smallest absolute Gasteiger partial charge is 0.201 e. The molecule has 0 saturated carbocycles. The van der Waals surface area contributed by atoms with Crippen molar-refractivity contribution in [1.82, 2.24) is 0 Å². The van der Waals surface area contributed by atoms with E-state index < -0.39 is 11.6 Å². The zero-order valence-corrected chi connectivity index (χ0v) is 15.6. The normalized spacial score (nSPS) is 10.3. The Hall–Kier alpha value is -2.34. The topological polar surface area (TPSA) is 9.23 Å². The first-order valence-corrected chi connectivity index (χ1v) is 9.37. The first-order chi connectivity index (χ1) is 12.7. The molecule has 0 unspecified atom stereocenters. The van der Waals surface area contributed by atoms with Crippen LogP contribution in [0.5, 0.6) is 5.75 Å². The predicted octanol–water partition coefficient (Wildman–Crippen LogP) is 6.28. The number of rotatable bonds is 8. The Kier molecular flexibility index (Phi) is 8.15. The minimum atomic E-state index is -0.979. The SMILES string of the molecule is CCCCCCc1ccc(C#Cc2ccc(OCCC)c(F)c2F)cc1. The molecule has 2 aromatic rings. The first kappa shape index (κ1) is 20.0. The fourth-order valence-electron chi connectivity index (χ4n) is 2.60. The third-order valence-corrected chi connectivity index (χ3v) is 4.12. The Bertz CT molecular complexity index is 754. The number of hydrogen-bond donors (Lipinski definition) is 0. The van der Waals surface area contributed by atoms with Gasteiger partial charge >= 0.3 is 0 Å². The lowest BCUT2D eigenvalue weighted by molar-refractivity contribution is 0.295. The monoisotopic (exact) mass is 356 g/mol. The lowest BCUT2D eigenvalue weighted by Crippen LogP contribution is -2.00. The summed E-state index contributed by atoms with van der Waals surface area (Å²) in [5, 5.41) is 0. The van der Waals surface area contributed by atoms with Crippen molar-refractivity contribution >= 4 is 0 Å². The minimum Gasteiger partial charge on any atom is -0.490 e. The fraction of sp³-hybridized carbons (Fsp3) is 0.391. The second-order valence-corrected chi connectivity index (χ2v) is 6.35. The van der Waals surface area contributed by atoms with Gasteiger partial charge in [0, 0.05) is 5.56 Å². The van der Waals surface area contributed by atoms with Crippen molar-refractivity contribution in [1.29, 1.82) is 0 Å². The van der Waals surface area contributed by atoms with Crippen molar-refractivity contribution in [3.05, 3.63) is 64.7 Å². The van der Waals surface area contributed by atoms with Crippen molar-refractivity contribution < 1.29 is 13.5 Å². The molecule has 3 heteroatoms. The minimum absolute atomic E-state index is 0.0370. The summed E-state index contributed by atoms with van der Waals surface area (Å²) < 4.78 is 33.3. The molecular formula is C23H26F2O. The molecule has 0 spiro atoms. The van der Waals surface area contributed by atoms with Crippen LogP contribution in [0.25, 0.3) is 0 Å². The number of hydrogen-bond acceptors (Lipinski definition) is 1. The average molecular weight is 356 g/mol. The molecule has 1 nitrogen and oxygen atoms in total. The quantitative estimate of drug-likeness (QED) is 0.400. The Morgan fingerprint density at radius 2 is 1.58 bits per heavy atom. The highest BCUT2D eigenvalue weighted by Gasteiger charge is 2.13. The van der Waals surface area contributed by atoms with E-state index in [1.807, 2.05) is 19.1 Å². The second-order valence-electron chi connectivity index (χ2n) is 6.35. The van der Waals surface area contributed by atoms with Crippen LogP contribution in [0.1, 0.15) is 62.6 Å². The van der Waals surface area contributed by atoms with Crippen molar-refractivity contribution in [2.45, 2.75) is 52.4 Å². The zero-order valence-electron chi connectivity index (χ0n) is 15.6. The number of halogens is 2. The van der Waals surface area contributed by atoms with Crippen LogP contribution in [-0.2, 0) is 6.42 Å². The van der Waals surface area contributed by atoms with Crippen LogP contribution in [0, 0.1) is 23.5 Å². The number of ether oxygens (including phenoxy) is 1. The van der Waals surface area contributed by atoms with Gasteiger partial charge in [0.1, 0.15) is 0 Å². The van der Waals surface area contributed by atoms with Crippen LogP contribution in [0.15, 0.2) is 36.4 Å². The third-order valence-electron chi connectivity index (χ3n) is 4.12. The van der Waals surface area contributed by atoms with Gasteiger partial charge < -0.3 is 4.74 Å². The lowest BCUT2D eigenvalue weighted by Gasteiger charge is -2.06. The van der Waals surface area contributed by atoms with E-state index in [0.717, 1.165) is 18.4 Å². The number of aryl methyl sites for hydroxylation is 1. The van der Waals surface area contributed by atoms with E-state index in [1.54, 1.807) is 0 Å². The Labute approximate surface area is 155 Å². The van der Waals surface area contributed by atoms with E-state index in [0.29, 0.717) is 6.61 Å². The molecule has 138 valence electrons. The summed E-state index contributed by atoms with van der Waals surface area (Å²) in [5.74, 6) is 3.60. The molecule has 0 saturated heterocycles. The highest BCUT2D eigenvalue weighted by atomic mass is 19.2. The Morgan fingerprint density at radius 1 is 0.808 bits per heavy atom. The molecule has 0 radical (unpaired) electrons. The summed E-state index contributed by atoms with van der Waals surface area (Å²) in [6.07, 6.45) is 6.74. The maximum Gasteiger partial charge on any atom is 0.201 e. The predicted molar refractivity (Wildman–Crippen MR) is 102 cm³/mol. The summed E-state index contributed by atoms with van der Waals surface area (Å²) in [7, 11) is 0. The van der Waals surface area contributed by atoms with E-state index in [-0.39, 0.29) is 11.3 Å². The number of unbranched alkanes of at least 4 members (excludes halogenated alkanes) is 3. The summed E-state index contributed by atoms with van der Waals surface area (Å²) in [6.45, 7) is 4.46. The molecule has 0 amide bonds. The highest BCUT2D eigenvalue weighted by molar-refractivity contribution is 5.46. The molecule has 0 heterocycles. The van der Waals surface area contributed by atoms with Crippen LogP contribution < -0.4 is 4.74 Å². The highest BCUT2D eigenvalue weighted by Crippen LogP contribution is 2.22. The maximum absolute atomic E-state index is 14.1. The summed E-state index contributed by atoms with van der Waals surface area (Å²) >= 11 is 0. The largest absolute Gasteiger partial charge is 0.490 e. The van der Waals surface area contributed by atoms with Crippen LogP contribution in [0.3, 0.4) is 0 Å². The van der Waals surface area contributed by atoms with Crippen LogP contribution in [-0.4, -0.2) is 6.61 Å². The maximum atomic E-state index is 14.1. The molecule has 0 aliphatic heterocycles. The third kappa shape index (κ3) is 5.88.